The Morgan fingerprint density at radius 2 is 2.00 bits per heavy atom. The van der Waals surface area contributed by atoms with Crippen molar-refractivity contribution in [2.45, 2.75) is 71.9 Å². The maximum absolute atomic E-state index is 13.1. The average Bonchev–Trinajstić information content (AvgIpc) is 3.05. The van der Waals surface area contributed by atoms with Crippen molar-refractivity contribution in [1.29, 1.82) is 0 Å². The minimum absolute atomic E-state index is 0.0660. The van der Waals surface area contributed by atoms with Gasteiger partial charge in [0, 0.05) is 17.9 Å². The van der Waals surface area contributed by atoms with Crippen LogP contribution in [0.1, 0.15) is 74.6 Å². The van der Waals surface area contributed by atoms with Crippen LogP contribution in [-0.2, 0) is 4.74 Å². The molecule has 28 heavy (non-hydrogen) atoms. The van der Waals surface area contributed by atoms with Crippen molar-refractivity contribution in [3.05, 3.63) is 35.3 Å². The lowest BCUT2D eigenvalue weighted by atomic mass is 9.92. The van der Waals surface area contributed by atoms with Gasteiger partial charge < -0.3 is 14.5 Å². The van der Waals surface area contributed by atoms with Crippen LogP contribution in [0.25, 0.3) is 5.65 Å². The Morgan fingerprint density at radius 1 is 1.32 bits per heavy atom. The molecule has 3 rings (SSSR count). The second-order valence-electron chi connectivity index (χ2n) is 8.86. The number of carbonyl (C=O) groups is 1. The van der Waals surface area contributed by atoms with Gasteiger partial charge in [-0.1, -0.05) is 20.8 Å². The topological polar surface area (TPSA) is 55.6 Å². The molecule has 1 saturated carbocycles. The summed E-state index contributed by atoms with van der Waals surface area (Å²) in [6, 6.07) is 3.05. The molecule has 1 fully saturated rings. The van der Waals surface area contributed by atoms with E-state index in [9.17, 15) is 13.6 Å². The molecule has 0 aliphatic heterocycles. The molecule has 1 aliphatic carbocycles. The Hall–Kier alpha value is -2.02. The molecule has 0 saturated heterocycles. The SMILES string of the molecule is Cc1cc(C(F)F)nc2c(C(=O)NC3CCC(OCC(C)(C)C)CC3)ccn12. The van der Waals surface area contributed by atoms with Crippen LogP contribution in [-0.4, -0.2) is 34.0 Å². The third-order valence-corrected chi connectivity index (χ3v) is 5.06. The van der Waals surface area contributed by atoms with Gasteiger partial charge >= 0.3 is 0 Å². The molecule has 1 amide bonds. The molecule has 5 nitrogen and oxygen atoms in total. The molecule has 0 unspecified atom stereocenters. The number of hydrogen-bond donors (Lipinski definition) is 1. The molecule has 0 radical (unpaired) electrons. The van der Waals surface area contributed by atoms with Gasteiger partial charge in [0.25, 0.3) is 12.3 Å². The predicted molar refractivity (Wildman–Crippen MR) is 104 cm³/mol. The monoisotopic (exact) mass is 393 g/mol. The lowest BCUT2D eigenvalue weighted by Gasteiger charge is -2.31. The first-order valence-corrected chi connectivity index (χ1v) is 9.83. The molecule has 2 aromatic rings. The fourth-order valence-corrected chi connectivity index (χ4v) is 3.55. The number of aromatic nitrogens is 2. The van der Waals surface area contributed by atoms with E-state index < -0.39 is 6.43 Å². The minimum Gasteiger partial charge on any atom is -0.378 e. The second-order valence-corrected chi connectivity index (χ2v) is 8.86. The summed E-state index contributed by atoms with van der Waals surface area (Å²) in [5, 5.41) is 3.04. The number of rotatable bonds is 5. The second kappa shape index (κ2) is 8.15. The van der Waals surface area contributed by atoms with Gasteiger partial charge in [0.05, 0.1) is 18.3 Å². The summed E-state index contributed by atoms with van der Waals surface area (Å²) >= 11 is 0. The number of amides is 1. The normalized spacial score (nSPS) is 20.7. The molecule has 2 aromatic heterocycles. The smallest absolute Gasteiger partial charge is 0.280 e. The third-order valence-electron chi connectivity index (χ3n) is 5.06. The summed E-state index contributed by atoms with van der Waals surface area (Å²) < 4.78 is 33.8. The van der Waals surface area contributed by atoms with E-state index in [0.29, 0.717) is 11.3 Å². The first-order chi connectivity index (χ1) is 13.1. The molecule has 7 heteroatoms. The number of ether oxygens (including phenoxy) is 1. The Balaban J connectivity index is 1.63. The van der Waals surface area contributed by atoms with E-state index in [-0.39, 0.29) is 34.8 Å². The lowest BCUT2D eigenvalue weighted by Crippen LogP contribution is -2.39. The summed E-state index contributed by atoms with van der Waals surface area (Å²) in [4.78, 5) is 16.7. The number of alkyl halides is 2. The van der Waals surface area contributed by atoms with Gasteiger partial charge in [0.15, 0.2) is 0 Å². The van der Waals surface area contributed by atoms with E-state index in [0.717, 1.165) is 32.3 Å². The quantitative estimate of drug-likeness (QED) is 0.802. The molecule has 0 aromatic carbocycles. The van der Waals surface area contributed by atoms with Gasteiger partial charge in [-0.15, -0.1) is 0 Å². The van der Waals surface area contributed by atoms with Crippen LogP contribution in [0.3, 0.4) is 0 Å². The van der Waals surface area contributed by atoms with Crippen LogP contribution >= 0.6 is 0 Å². The summed E-state index contributed by atoms with van der Waals surface area (Å²) in [6.07, 6.45) is 2.77. The van der Waals surface area contributed by atoms with Crippen LogP contribution in [0.5, 0.6) is 0 Å². The highest BCUT2D eigenvalue weighted by Gasteiger charge is 2.26. The van der Waals surface area contributed by atoms with Crippen LogP contribution in [0.15, 0.2) is 18.3 Å². The van der Waals surface area contributed by atoms with Gasteiger partial charge in [0.1, 0.15) is 11.3 Å². The van der Waals surface area contributed by atoms with Crippen molar-refractivity contribution in [1.82, 2.24) is 14.7 Å². The van der Waals surface area contributed by atoms with Gasteiger partial charge in [-0.25, -0.2) is 13.8 Å². The molecule has 2 heterocycles. The van der Waals surface area contributed by atoms with Gasteiger partial charge in [-0.2, -0.15) is 0 Å². The zero-order valence-electron chi connectivity index (χ0n) is 17.0. The first-order valence-electron chi connectivity index (χ1n) is 9.83. The Morgan fingerprint density at radius 3 is 2.61 bits per heavy atom. The number of aryl methyl sites for hydroxylation is 1. The maximum atomic E-state index is 13.1. The van der Waals surface area contributed by atoms with Crippen molar-refractivity contribution in [3.8, 4) is 0 Å². The largest absolute Gasteiger partial charge is 0.378 e. The van der Waals surface area contributed by atoms with Crippen LogP contribution in [0, 0.1) is 12.3 Å². The van der Waals surface area contributed by atoms with Gasteiger partial charge in [-0.3, -0.25) is 4.79 Å². The Kier molecular flexibility index (Phi) is 6.03. The van der Waals surface area contributed by atoms with Crippen LogP contribution in [0.4, 0.5) is 8.78 Å². The third kappa shape index (κ3) is 4.87. The highest BCUT2D eigenvalue weighted by atomic mass is 19.3. The lowest BCUT2D eigenvalue weighted by molar-refractivity contribution is -0.0134. The molecule has 0 spiro atoms. The number of carbonyl (C=O) groups excluding carboxylic acids is 1. The number of halogens is 2. The standard InChI is InChI=1S/C21H29F2N3O2/c1-13-11-17(18(22)23)25-19-16(9-10-26(13)19)20(27)24-14-5-7-15(8-6-14)28-12-21(2,3)4/h9-11,14-15,18H,5-8,12H2,1-4H3,(H,24,27). The molecular formula is C21H29F2N3O2. The maximum Gasteiger partial charge on any atom is 0.280 e. The van der Waals surface area contributed by atoms with Gasteiger partial charge in [0.2, 0.25) is 0 Å². The van der Waals surface area contributed by atoms with E-state index in [4.69, 9.17) is 4.74 Å². The average molecular weight is 393 g/mol. The summed E-state index contributed by atoms with van der Waals surface area (Å²) in [6.45, 7) is 8.90. The molecule has 1 aliphatic rings. The van der Waals surface area contributed by atoms with E-state index >= 15 is 0 Å². The fraction of sp³-hybridized carbons (Fsp3) is 0.619. The van der Waals surface area contributed by atoms with E-state index in [2.05, 4.69) is 31.1 Å². The summed E-state index contributed by atoms with van der Waals surface area (Å²) in [5.74, 6) is -0.264. The number of hydrogen-bond acceptors (Lipinski definition) is 3. The van der Waals surface area contributed by atoms with Crippen molar-refractivity contribution in [2.24, 2.45) is 5.41 Å². The highest BCUT2D eigenvalue weighted by Crippen LogP contribution is 2.25. The van der Waals surface area contributed by atoms with Gasteiger partial charge in [-0.05, 0) is 50.2 Å². The highest BCUT2D eigenvalue weighted by molar-refractivity contribution is 6.00. The fourth-order valence-electron chi connectivity index (χ4n) is 3.55. The molecule has 154 valence electrons. The summed E-state index contributed by atoms with van der Waals surface area (Å²) in [7, 11) is 0. The van der Waals surface area contributed by atoms with Crippen molar-refractivity contribution in [2.75, 3.05) is 6.61 Å². The van der Waals surface area contributed by atoms with Crippen molar-refractivity contribution >= 4 is 11.6 Å². The number of fused-ring (bicyclic) bond motifs is 1. The van der Waals surface area contributed by atoms with E-state index in [1.165, 1.54) is 6.07 Å². The molecular weight excluding hydrogens is 364 g/mol. The van der Waals surface area contributed by atoms with Crippen molar-refractivity contribution < 1.29 is 18.3 Å². The number of nitrogens with zero attached hydrogens (tertiary/aromatic N) is 2. The van der Waals surface area contributed by atoms with E-state index in [1.807, 2.05) is 0 Å². The van der Waals surface area contributed by atoms with Crippen LogP contribution < -0.4 is 5.32 Å². The zero-order chi connectivity index (χ0) is 20.5. The van der Waals surface area contributed by atoms with E-state index in [1.54, 1.807) is 23.6 Å². The predicted octanol–water partition coefficient (Wildman–Crippen LogP) is 4.68. The summed E-state index contributed by atoms with van der Waals surface area (Å²) in [5.41, 5.74) is 1.06. The molecule has 0 bridgehead atoms. The minimum atomic E-state index is -2.67. The first kappa shape index (κ1) is 20.7. The zero-order valence-corrected chi connectivity index (χ0v) is 17.0. The van der Waals surface area contributed by atoms with Crippen molar-refractivity contribution in [3.63, 3.8) is 0 Å². The Bertz CT molecular complexity index is 834. The van der Waals surface area contributed by atoms with Crippen LogP contribution in [0.2, 0.25) is 0 Å². The number of nitrogens with one attached hydrogen (secondary N) is 1. The molecule has 1 N–H and O–H groups in total. The molecule has 0 atom stereocenters. The Labute approximate surface area is 164 Å².